The lowest BCUT2D eigenvalue weighted by Crippen LogP contribution is -2.29. The van der Waals surface area contributed by atoms with Gasteiger partial charge in [0.2, 0.25) is 0 Å². The highest BCUT2D eigenvalue weighted by atomic mass is 16.5. The third kappa shape index (κ3) is 3.77. The SMILES string of the molecule is CCOc1cccc(C2C(=C(O)c3nc4c(C)cccn4c3C)C(=O)C(=O)N2Cc2ccco2)c1. The van der Waals surface area contributed by atoms with Gasteiger partial charge in [-0.3, -0.25) is 9.59 Å². The number of hydrogen-bond acceptors (Lipinski definition) is 6. The maximum atomic E-state index is 13.3. The zero-order valence-electron chi connectivity index (χ0n) is 19.7. The Morgan fingerprint density at radius 1 is 1.14 bits per heavy atom. The van der Waals surface area contributed by atoms with Gasteiger partial charge in [0.15, 0.2) is 5.76 Å². The number of hydrogen-bond donors (Lipinski definition) is 1. The summed E-state index contributed by atoms with van der Waals surface area (Å²) in [4.78, 5) is 32.6. The van der Waals surface area contributed by atoms with Crippen molar-refractivity contribution in [3.05, 3.63) is 94.8 Å². The highest BCUT2D eigenvalue weighted by molar-refractivity contribution is 6.46. The number of benzene rings is 1. The average molecular weight is 472 g/mol. The Morgan fingerprint density at radius 3 is 2.69 bits per heavy atom. The number of carbonyl (C=O) groups is 2. The topological polar surface area (TPSA) is 97.3 Å². The summed E-state index contributed by atoms with van der Waals surface area (Å²) in [6.07, 6.45) is 3.36. The van der Waals surface area contributed by atoms with Crippen molar-refractivity contribution in [3.63, 3.8) is 0 Å². The number of aromatic nitrogens is 2. The van der Waals surface area contributed by atoms with Crippen LogP contribution >= 0.6 is 0 Å². The third-order valence-electron chi connectivity index (χ3n) is 6.24. The first-order valence-corrected chi connectivity index (χ1v) is 11.4. The summed E-state index contributed by atoms with van der Waals surface area (Å²) < 4.78 is 13.0. The Labute approximate surface area is 202 Å². The molecule has 4 aromatic rings. The van der Waals surface area contributed by atoms with Crippen LogP contribution in [0.1, 0.15) is 41.2 Å². The number of fused-ring (bicyclic) bond motifs is 1. The van der Waals surface area contributed by atoms with Gasteiger partial charge in [0.1, 0.15) is 22.9 Å². The Balaban J connectivity index is 1.71. The Morgan fingerprint density at radius 2 is 1.97 bits per heavy atom. The fourth-order valence-electron chi connectivity index (χ4n) is 4.58. The Bertz CT molecular complexity index is 1470. The molecular formula is C27H25N3O5. The second-order valence-corrected chi connectivity index (χ2v) is 8.44. The van der Waals surface area contributed by atoms with Crippen molar-refractivity contribution in [2.45, 2.75) is 33.4 Å². The van der Waals surface area contributed by atoms with Gasteiger partial charge in [-0.2, -0.15) is 0 Å². The largest absolute Gasteiger partial charge is 0.505 e. The first-order chi connectivity index (χ1) is 16.9. The normalized spacial score (nSPS) is 17.5. The fourth-order valence-corrected chi connectivity index (χ4v) is 4.58. The van der Waals surface area contributed by atoms with Crippen molar-refractivity contribution in [1.82, 2.24) is 14.3 Å². The molecule has 1 fully saturated rings. The molecule has 3 aromatic heterocycles. The summed E-state index contributed by atoms with van der Waals surface area (Å²) in [5, 5.41) is 11.5. The monoisotopic (exact) mass is 471 g/mol. The molecule has 1 aliphatic heterocycles. The average Bonchev–Trinajstić information content (AvgIpc) is 3.54. The van der Waals surface area contributed by atoms with Crippen molar-refractivity contribution >= 4 is 23.1 Å². The molecule has 1 aliphatic rings. The maximum absolute atomic E-state index is 13.3. The molecule has 1 atom stereocenters. The number of pyridine rings is 1. The summed E-state index contributed by atoms with van der Waals surface area (Å²) in [7, 11) is 0. The lowest BCUT2D eigenvalue weighted by Gasteiger charge is -2.24. The summed E-state index contributed by atoms with van der Waals surface area (Å²) >= 11 is 0. The molecule has 1 saturated heterocycles. The predicted molar refractivity (Wildman–Crippen MR) is 129 cm³/mol. The minimum Gasteiger partial charge on any atom is -0.505 e. The maximum Gasteiger partial charge on any atom is 0.296 e. The van der Waals surface area contributed by atoms with Crippen LogP contribution in [0.3, 0.4) is 0 Å². The van der Waals surface area contributed by atoms with Crippen LogP contribution in [-0.2, 0) is 16.1 Å². The number of carbonyl (C=O) groups excluding carboxylic acids is 2. The molecule has 0 radical (unpaired) electrons. The summed E-state index contributed by atoms with van der Waals surface area (Å²) in [6, 6.07) is 13.6. The molecular weight excluding hydrogens is 446 g/mol. The molecule has 5 rings (SSSR count). The van der Waals surface area contributed by atoms with Crippen molar-refractivity contribution in [2.75, 3.05) is 6.61 Å². The van der Waals surface area contributed by atoms with E-state index in [2.05, 4.69) is 4.98 Å². The third-order valence-corrected chi connectivity index (χ3v) is 6.24. The van der Waals surface area contributed by atoms with E-state index >= 15 is 0 Å². The number of furan rings is 1. The molecule has 0 aliphatic carbocycles. The lowest BCUT2D eigenvalue weighted by molar-refractivity contribution is -0.140. The van der Waals surface area contributed by atoms with Gasteiger partial charge in [0.05, 0.1) is 36.7 Å². The fraction of sp³-hybridized carbons (Fsp3) is 0.222. The summed E-state index contributed by atoms with van der Waals surface area (Å²) in [5.41, 5.74) is 3.15. The van der Waals surface area contributed by atoms with Crippen LogP contribution in [0.25, 0.3) is 11.4 Å². The predicted octanol–water partition coefficient (Wildman–Crippen LogP) is 4.56. The van der Waals surface area contributed by atoms with E-state index in [9.17, 15) is 14.7 Å². The van der Waals surface area contributed by atoms with Gasteiger partial charge >= 0.3 is 0 Å². The quantitative estimate of drug-likeness (QED) is 0.251. The molecule has 4 heterocycles. The smallest absolute Gasteiger partial charge is 0.296 e. The van der Waals surface area contributed by atoms with E-state index < -0.39 is 17.7 Å². The van der Waals surface area contributed by atoms with E-state index in [-0.39, 0.29) is 23.6 Å². The number of ketones is 1. The number of ether oxygens (including phenoxy) is 1. The van der Waals surface area contributed by atoms with E-state index in [1.807, 2.05) is 49.6 Å². The van der Waals surface area contributed by atoms with Crippen LogP contribution in [-0.4, -0.2) is 37.7 Å². The molecule has 8 heteroatoms. The van der Waals surface area contributed by atoms with E-state index in [1.165, 1.54) is 11.2 Å². The molecule has 1 unspecified atom stereocenters. The number of imidazole rings is 1. The number of aliphatic hydroxyl groups excluding tert-OH is 1. The van der Waals surface area contributed by atoms with E-state index in [0.29, 0.717) is 35.0 Å². The molecule has 0 spiro atoms. The molecule has 0 bridgehead atoms. The van der Waals surface area contributed by atoms with Gasteiger partial charge in [-0.05, 0) is 62.2 Å². The van der Waals surface area contributed by atoms with Crippen molar-refractivity contribution in [1.29, 1.82) is 0 Å². The number of amides is 1. The van der Waals surface area contributed by atoms with Crippen LogP contribution in [0.15, 0.2) is 71.0 Å². The Hall–Kier alpha value is -4.33. The number of aryl methyl sites for hydroxylation is 2. The zero-order chi connectivity index (χ0) is 24.7. The van der Waals surface area contributed by atoms with Crippen molar-refractivity contribution in [2.24, 2.45) is 0 Å². The lowest BCUT2D eigenvalue weighted by atomic mass is 9.96. The number of nitrogens with zero attached hydrogens (tertiary/aromatic N) is 3. The first kappa shape index (κ1) is 22.5. The molecule has 1 N–H and O–H groups in total. The highest BCUT2D eigenvalue weighted by Crippen LogP contribution is 2.41. The number of aliphatic hydroxyl groups is 1. The molecule has 1 aromatic carbocycles. The van der Waals surface area contributed by atoms with Gasteiger partial charge in [0.25, 0.3) is 11.7 Å². The Kier molecular flexibility index (Phi) is 5.64. The number of Topliss-reactive ketones (excluding diaryl/α,β-unsaturated/α-hetero) is 1. The molecule has 1 amide bonds. The molecule has 178 valence electrons. The van der Waals surface area contributed by atoms with Crippen molar-refractivity contribution in [3.8, 4) is 5.75 Å². The van der Waals surface area contributed by atoms with Crippen LogP contribution < -0.4 is 4.74 Å². The van der Waals surface area contributed by atoms with E-state index in [1.54, 1.807) is 30.3 Å². The standard InChI is InChI=1S/C27H25N3O5/c1-4-34-19-10-5-9-18(14-19)23-21(25(32)27(33)30(23)15-20-11-7-13-35-20)24(31)22-17(3)29-12-6-8-16(2)26(29)28-22/h5-14,23,31H,4,15H2,1-3H3. The van der Waals surface area contributed by atoms with Crippen LogP contribution in [0.4, 0.5) is 0 Å². The van der Waals surface area contributed by atoms with Crippen LogP contribution in [0.2, 0.25) is 0 Å². The van der Waals surface area contributed by atoms with Gasteiger partial charge in [-0.15, -0.1) is 0 Å². The first-order valence-electron chi connectivity index (χ1n) is 11.4. The summed E-state index contributed by atoms with van der Waals surface area (Å²) in [5.74, 6) is -0.662. The van der Waals surface area contributed by atoms with Crippen LogP contribution in [0.5, 0.6) is 5.75 Å². The van der Waals surface area contributed by atoms with Gasteiger partial charge < -0.3 is 23.6 Å². The molecule has 0 saturated carbocycles. The minimum absolute atomic E-state index is 0.0145. The van der Waals surface area contributed by atoms with Crippen molar-refractivity contribution < 1.29 is 23.8 Å². The molecule has 8 nitrogen and oxygen atoms in total. The second-order valence-electron chi connectivity index (χ2n) is 8.44. The molecule has 35 heavy (non-hydrogen) atoms. The minimum atomic E-state index is -0.842. The van der Waals surface area contributed by atoms with E-state index in [0.717, 1.165) is 5.56 Å². The highest BCUT2D eigenvalue weighted by Gasteiger charge is 2.47. The van der Waals surface area contributed by atoms with E-state index in [4.69, 9.17) is 9.15 Å². The van der Waals surface area contributed by atoms with Crippen LogP contribution in [0, 0.1) is 13.8 Å². The van der Waals surface area contributed by atoms with Gasteiger partial charge in [0, 0.05) is 6.20 Å². The number of likely N-dealkylation sites (tertiary alicyclic amines) is 1. The van der Waals surface area contributed by atoms with Gasteiger partial charge in [-0.25, -0.2) is 4.98 Å². The summed E-state index contributed by atoms with van der Waals surface area (Å²) in [6.45, 7) is 6.16. The second kappa shape index (κ2) is 8.79. The van der Waals surface area contributed by atoms with Gasteiger partial charge in [-0.1, -0.05) is 18.2 Å². The zero-order valence-corrected chi connectivity index (χ0v) is 19.7. The number of rotatable bonds is 6.